The van der Waals surface area contributed by atoms with Gasteiger partial charge in [-0.25, -0.2) is 4.98 Å². The van der Waals surface area contributed by atoms with E-state index in [1.54, 1.807) is 24.3 Å². The molecule has 0 radical (unpaired) electrons. The molecule has 28 heavy (non-hydrogen) atoms. The van der Waals surface area contributed by atoms with Crippen LogP contribution in [0.15, 0.2) is 34.9 Å². The number of nitrogens with two attached hydrogens (primary N) is 1. The molecule has 1 aliphatic rings. The van der Waals surface area contributed by atoms with E-state index in [9.17, 15) is 9.90 Å². The molecule has 3 rings (SSSR count). The number of carbonyl (C=O) groups excluding carboxylic acids is 1. The molecule has 1 aromatic heterocycles. The maximum absolute atomic E-state index is 12.3. The van der Waals surface area contributed by atoms with Gasteiger partial charge < -0.3 is 25.5 Å². The second-order valence-electron chi connectivity index (χ2n) is 7.54. The van der Waals surface area contributed by atoms with E-state index in [1.165, 1.54) is 25.5 Å². The fourth-order valence-corrected chi connectivity index (χ4v) is 3.60. The summed E-state index contributed by atoms with van der Waals surface area (Å²) in [7, 11) is 0. The highest BCUT2D eigenvalue weighted by atomic mass is 16.3. The number of aromatic hydroxyl groups is 1. The van der Waals surface area contributed by atoms with Crippen LogP contribution in [0.1, 0.15) is 60.6 Å². The Morgan fingerprint density at radius 1 is 1.39 bits per heavy atom. The molecule has 7 nitrogen and oxygen atoms in total. The maximum atomic E-state index is 12.3. The van der Waals surface area contributed by atoms with Crippen molar-refractivity contribution in [2.45, 2.75) is 51.1 Å². The minimum atomic E-state index is -0.452. The van der Waals surface area contributed by atoms with Crippen LogP contribution in [0.4, 0.5) is 0 Å². The van der Waals surface area contributed by atoms with Gasteiger partial charge in [-0.1, -0.05) is 18.6 Å². The van der Waals surface area contributed by atoms with Crippen LogP contribution in [-0.2, 0) is 6.42 Å². The molecular weight excluding hydrogens is 356 g/mol. The molecule has 2 aromatic rings. The first-order valence-corrected chi connectivity index (χ1v) is 10.0. The van der Waals surface area contributed by atoms with Crippen LogP contribution in [0.5, 0.6) is 5.75 Å². The van der Waals surface area contributed by atoms with E-state index in [4.69, 9.17) is 10.2 Å². The predicted molar refractivity (Wildman–Crippen MR) is 107 cm³/mol. The second kappa shape index (κ2) is 9.71. The Morgan fingerprint density at radius 2 is 2.18 bits per heavy atom. The zero-order valence-corrected chi connectivity index (χ0v) is 16.4. The summed E-state index contributed by atoms with van der Waals surface area (Å²) in [4.78, 5) is 19.0. The summed E-state index contributed by atoms with van der Waals surface area (Å²) in [5, 5.41) is 12.2. The van der Waals surface area contributed by atoms with Gasteiger partial charge in [-0.05, 0) is 56.8 Å². The van der Waals surface area contributed by atoms with Crippen molar-refractivity contribution in [2.75, 3.05) is 19.6 Å². The maximum Gasteiger partial charge on any atom is 0.273 e. The van der Waals surface area contributed by atoms with Gasteiger partial charge in [0.1, 0.15) is 12.0 Å². The summed E-state index contributed by atoms with van der Waals surface area (Å²) in [6.07, 6.45) is 6.63. The molecular formula is C21H30N4O3. The van der Waals surface area contributed by atoms with E-state index >= 15 is 0 Å². The van der Waals surface area contributed by atoms with Crippen molar-refractivity contribution in [2.24, 2.45) is 5.73 Å². The van der Waals surface area contributed by atoms with Crippen LogP contribution in [-0.4, -0.2) is 46.6 Å². The van der Waals surface area contributed by atoms with Crippen molar-refractivity contribution in [3.05, 3.63) is 47.7 Å². The van der Waals surface area contributed by atoms with Crippen molar-refractivity contribution in [3.63, 3.8) is 0 Å². The quantitative estimate of drug-likeness (QED) is 0.603. The highest BCUT2D eigenvalue weighted by molar-refractivity contribution is 5.91. The number of benzene rings is 1. The molecule has 2 unspecified atom stereocenters. The number of hydrogen-bond acceptors (Lipinski definition) is 6. The van der Waals surface area contributed by atoms with Crippen LogP contribution >= 0.6 is 0 Å². The molecule has 2 heterocycles. The predicted octanol–water partition coefficient (Wildman–Crippen LogP) is 2.62. The molecule has 1 aromatic carbocycles. The largest absolute Gasteiger partial charge is 0.508 e. The average Bonchev–Trinajstić information content (AvgIpc) is 3.19. The Kier molecular flexibility index (Phi) is 7.06. The number of oxazole rings is 1. The van der Waals surface area contributed by atoms with Crippen molar-refractivity contribution >= 4 is 5.91 Å². The minimum Gasteiger partial charge on any atom is -0.508 e. The van der Waals surface area contributed by atoms with Crippen LogP contribution in [0.25, 0.3) is 0 Å². The molecule has 152 valence electrons. The fraction of sp³-hybridized carbons (Fsp3) is 0.524. The van der Waals surface area contributed by atoms with Crippen LogP contribution < -0.4 is 11.1 Å². The Bertz CT molecular complexity index is 759. The summed E-state index contributed by atoms with van der Waals surface area (Å²) >= 11 is 0. The van der Waals surface area contributed by atoms with Gasteiger partial charge in [0.05, 0.1) is 6.04 Å². The number of likely N-dealkylation sites (tertiary alicyclic amines) is 1. The van der Waals surface area contributed by atoms with Crippen LogP contribution in [0, 0.1) is 0 Å². The summed E-state index contributed by atoms with van der Waals surface area (Å²) in [6, 6.07) is 7.01. The SMILES string of the molecule is CC1CCCCN1CCCNC(=O)c1coc(C(N)Cc2ccc(O)cc2)n1. The van der Waals surface area contributed by atoms with E-state index in [1.807, 2.05) is 0 Å². The molecule has 1 saturated heterocycles. The third-order valence-corrected chi connectivity index (χ3v) is 5.31. The fourth-order valence-electron chi connectivity index (χ4n) is 3.60. The van der Waals surface area contributed by atoms with Crippen molar-refractivity contribution in [1.82, 2.24) is 15.2 Å². The molecule has 2 atom stereocenters. The number of nitrogens with zero attached hydrogens (tertiary/aromatic N) is 2. The monoisotopic (exact) mass is 386 g/mol. The number of hydrogen-bond donors (Lipinski definition) is 3. The molecule has 0 aliphatic carbocycles. The van der Waals surface area contributed by atoms with Gasteiger partial charge in [0.2, 0.25) is 5.89 Å². The molecule has 1 fully saturated rings. The number of phenols is 1. The molecule has 0 spiro atoms. The van der Waals surface area contributed by atoms with Gasteiger partial charge in [0, 0.05) is 19.1 Å². The highest BCUT2D eigenvalue weighted by Crippen LogP contribution is 2.18. The lowest BCUT2D eigenvalue weighted by Gasteiger charge is -2.33. The molecule has 1 aliphatic heterocycles. The Balaban J connectivity index is 1.43. The van der Waals surface area contributed by atoms with Crippen LogP contribution in [0.3, 0.4) is 0 Å². The lowest BCUT2D eigenvalue weighted by Crippen LogP contribution is -2.39. The highest BCUT2D eigenvalue weighted by Gasteiger charge is 2.19. The van der Waals surface area contributed by atoms with Gasteiger partial charge in [0.25, 0.3) is 5.91 Å². The van der Waals surface area contributed by atoms with Gasteiger partial charge in [-0.3, -0.25) is 4.79 Å². The standard InChI is InChI=1S/C21H30N4O3/c1-15-5-2-3-11-25(15)12-4-10-23-20(27)19-14-28-21(24-19)18(22)13-16-6-8-17(26)9-7-16/h6-9,14-15,18,26H,2-5,10-13,22H2,1H3,(H,23,27). The number of aromatic nitrogens is 1. The first-order valence-electron chi connectivity index (χ1n) is 10.0. The lowest BCUT2D eigenvalue weighted by atomic mass is 10.0. The van der Waals surface area contributed by atoms with E-state index in [-0.39, 0.29) is 17.4 Å². The second-order valence-corrected chi connectivity index (χ2v) is 7.54. The first-order chi connectivity index (χ1) is 13.5. The molecule has 1 amide bonds. The summed E-state index contributed by atoms with van der Waals surface area (Å²) < 4.78 is 5.40. The number of nitrogens with one attached hydrogen (secondary N) is 1. The van der Waals surface area contributed by atoms with Gasteiger partial charge >= 0.3 is 0 Å². The van der Waals surface area contributed by atoms with E-state index in [2.05, 4.69) is 22.1 Å². The van der Waals surface area contributed by atoms with Crippen molar-refractivity contribution in [3.8, 4) is 5.75 Å². The Labute approximate surface area is 165 Å². The third-order valence-electron chi connectivity index (χ3n) is 5.31. The topological polar surface area (TPSA) is 105 Å². The van der Waals surface area contributed by atoms with E-state index in [0.717, 1.165) is 25.1 Å². The average molecular weight is 386 g/mol. The van der Waals surface area contributed by atoms with Gasteiger partial charge in [0.15, 0.2) is 5.69 Å². The lowest BCUT2D eigenvalue weighted by molar-refractivity contribution is 0.0944. The zero-order chi connectivity index (χ0) is 19.9. The molecule has 0 bridgehead atoms. The van der Waals surface area contributed by atoms with Crippen molar-refractivity contribution in [1.29, 1.82) is 0 Å². The number of piperidine rings is 1. The van der Waals surface area contributed by atoms with E-state index in [0.29, 0.717) is 24.9 Å². The number of phenolic OH excluding ortho intramolecular Hbond substituents is 1. The third kappa shape index (κ3) is 5.56. The molecule has 7 heteroatoms. The summed E-state index contributed by atoms with van der Waals surface area (Å²) in [5.41, 5.74) is 7.35. The smallest absolute Gasteiger partial charge is 0.273 e. The number of amides is 1. The van der Waals surface area contributed by atoms with Gasteiger partial charge in [-0.15, -0.1) is 0 Å². The molecule has 4 N–H and O–H groups in total. The Morgan fingerprint density at radius 3 is 2.93 bits per heavy atom. The Hall–Kier alpha value is -2.38. The normalized spacial score (nSPS) is 18.7. The van der Waals surface area contributed by atoms with Crippen molar-refractivity contribution < 1.29 is 14.3 Å². The van der Waals surface area contributed by atoms with Gasteiger partial charge in [-0.2, -0.15) is 0 Å². The number of carbonyl (C=O) groups is 1. The molecule has 0 saturated carbocycles. The van der Waals surface area contributed by atoms with E-state index < -0.39 is 6.04 Å². The van der Waals surface area contributed by atoms with Crippen LogP contribution in [0.2, 0.25) is 0 Å². The minimum absolute atomic E-state index is 0.210. The zero-order valence-electron chi connectivity index (χ0n) is 16.4. The first kappa shape index (κ1) is 20.4. The summed E-state index contributed by atoms with van der Waals surface area (Å²) in [5.74, 6) is 0.307. The number of rotatable bonds is 8. The summed E-state index contributed by atoms with van der Waals surface area (Å²) in [6.45, 7) is 5.05.